The van der Waals surface area contributed by atoms with Gasteiger partial charge >= 0.3 is 0 Å². The molecule has 3 rings (SSSR count). The highest BCUT2D eigenvalue weighted by atomic mass is 19.1. The number of carbonyl (C=O) groups excluding carboxylic acids is 2. The molecule has 2 heterocycles. The SMILES string of the molecule is CC(C)CCNC(=O)CCC(=O)N1CCn2cccc2C1c1ccc(F)cc1. The first kappa shape index (κ1) is 20.1. The Morgan fingerprint density at radius 1 is 1.14 bits per heavy atom. The van der Waals surface area contributed by atoms with E-state index in [2.05, 4.69) is 23.7 Å². The third-order valence-electron chi connectivity index (χ3n) is 5.15. The molecule has 0 radical (unpaired) electrons. The van der Waals surface area contributed by atoms with E-state index in [0.717, 1.165) is 17.7 Å². The number of nitrogens with one attached hydrogen (secondary N) is 1. The average Bonchev–Trinajstić information content (AvgIpc) is 3.14. The maximum Gasteiger partial charge on any atom is 0.223 e. The van der Waals surface area contributed by atoms with E-state index in [9.17, 15) is 14.0 Å². The lowest BCUT2D eigenvalue weighted by atomic mass is 9.99. The number of rotatable bonds is 7. The minimum atomic E-state index is -0.300. The van der Waals surface area contributed by atoms with Gasteiger partial charge in [-0.1, -0.05) is 26.0 Å². The maximum absolute atomic E-state index is 13.4. The Kier molecular flexibility index (Phi) is 6.49. The van der Waals surface area contributed by atoms with Crippen LogP contribution in [0.25, 0.3) is 0 Å². The van der Waals surface area contributed by atoms with E-state index in [1.54, 1.807) is 12.1 Å². The van der Waals surface area contributed by atoms with Crippen molar-refractivity contribution in [1.29, 1.82) is 0 Å². The Morgan fingerprint density at radius 2 is 1.89 bits per heavy atom. The van der Waals surface area contributed by atoms with Crippen LogP contribution in [0, 0.1) is 11.7 Å². The number of halogens is 1. The molecule has 1 aliphatic heterocycles. The smallest absolute Gasteiger partial charge is 0.223 e. The van der Waals surface area contributed by atoms with Gasteiger partial charge in [0, 0.05) is 44.4 Å². The molecule has 0 bridgehead atoms. The van der Waals surface area contributed by atoms with Crippen molar-refractivity contribution in [1.82, 2.24) is 14.8 Å². The van der Waals surface area contributed by atoms with E-state index >= 15 is 0 Å². The predicted molar refractivity (Wildman–Crippen MR) is 106 cm³/mol. The van der Waals surface area contributed by atoms with Crippen molar-refractivity contribution in [3.8, 4) is 0 Å². The van der Waals surface area contributed by atoms with Gasteiger partial charge in [0.2, 0.25) is 11.8 Å². The zero-order valence-electron chi connectivity index (χ0n) is 16.5. The van der Waals surface area contributed by atoms with Crippen molar-refractivity contribution in [2.75, 3.05) is 13.1 Å². The summed E-state index contributed by atoms with van der Waals surface area (Å²) in [5, 5.41) is 2.88. The summed E-state index contributed by atoms with van der Waals surface area (Å²) in [5.41, 5.74) is 1.88. The third kappa shape index (κ3) is 4.80. The molecule has 0 saturated carbocycles. The van der Waals surface area contributed by atoms with E-state index in [-0.39, 0.29) is 36.5 Å². The summed E-state index contributed by atoms with van der Waals surface area (Å²) in [7, 11) is 0. The monoisotopic (exact) mass is 385 g/mol. The van der Waals surface area contributed by atoms with Crippen LogP contribution in [0.15, 0.2) is 42.6 Å². The fourth-order valence-corrected chi connectivity index (χ4v) is 3.60. The summed E-state index contributed by atoms with van der Waals surface area (Å²) in [5.74, 6) is 0.0855. The predicted octanol–water partition coefficient (Wildman–Crippen LogP) is 3.50. The van der Waals surface area contributed by atoms with Gasteiger partial charge in [-0.2, -0.15) is 0 Å². The second kappa shape index (κ2) is 9.04. The van der Waals surface area contributed by atoms with Crippen molar-refractivity contribution in [2.45, 2.75) is 45.7 Å². The minimum Gasteiger partial charge on any atom is -0.356 e. The number of nitrogens with zero attached hydrogens (tertiary/aromatic N) is 2. The molecule has 0 aliphatic carbocycles. The van der Waals surface area contributed by atoms with Crippen molar-refractivity contribution in [3.05, 3.63) is 59.7 Å². The summed E-state index contributed by atoms with van der Waals surface area (Å²) in [6, 6.07) is 9.97. The Morgan fingerprint density at radius 3 is 2.61 bits per heavy atom. The number of amides is 2. The lowest BCUT2D eigenvalue weighted by Gasteiger charge is -2.37. The molecule has 0 spiro atoms. The first-order valence-corrected chi connectivity index (χ1v) is 9.92. The fourth-order valence-electron chi connectivity index (χ4n) is 3.60. The van der Waals surface area contributed by atoms with Crippen LogP contribution in [0.4, 0.5) is 4.39 Å². The highest BCUT2D eigenvalue weighted by molar-refractivity contribution is 5.84. The quantitative estimate of drug-likeness (QED) is 0.793. The number of fused-ring (bicyclic) bond motifs is 1. The highest BCUT2D eigenvalue weighted by Gasteiger charge is 2.32. The first-order valence-electron chi connectivity index (χ1n) is 9.92. The van der Waals surface area contributed by atoms with Gasteiger partial charge in [-0.05, 0) is 42.2 Å². The van der Waals surface area contributed by atoms with Crippen molar-refractivity contribution in [3.63, 3.8) is 0 Å². The van der Waals surface area contributed by atoms with Crippen molar-refractivity contribution in [2.24, 2.45) is 5.92 Å². The molecule has 1 aromatic carbocycles. The van der Waals surface area contributed by atoms with Gasteiger partial charge in [-0.25, -0.2) is 4.39 Å². The van der Waals surface area contributed by atoms with Crippen LogP contribution in [0.1, 0.15) is 50.4 Å². The molecule has 1 atom stereocenters. The summed E-state index contributed by atoms with van der Waals surface area (Å²) < 4.78 is 15.5. The van der Waals surface area contributed by atoms with Crippen LogP contribution >= 0.6 is 0 Å². The zero-order valence-corrected chi connectivity index (χ0v) is 16.5. The maximum atomic E-state index is 13.4. The average molecular weight is 385 g/mol. The van der Waals surface area contributed by atoms with E-state index in [1.807, 2.05) is 23.2 Å². The van der Waals surface area contributed by atoms with Crippen molar-refractivity contribution >= 4 is 11.8 Å². The molecule has 0 fully saturated rings. The second-order valence-electron chi connectivity index (χ2n) is 7.70. The minimum absolute atomic E-state index is 0.0548. The lowest BCUT2D eigenvalue weighted by molar-refractivity contribution is -0.136. The first-order chi connectivity index (χ1) is 13.5. The van der Waals surface area contributed by atoms with Gasteiger partial charge in [0.25, 0.3) is 0 Å². The molecular formula is C22H28FN3O2. The van der Waals surface area contributed by atoms with E-state index in [4.69, 9.17) is 0 Å². The van der Waals surface area contributed by atoms with Gasteiger partial charge in [0.05, 0.1) is 6.04 Å². The summed E-state index contributed by atoms with van der Waals surface area (Å²) in [4.78, 5) is 26.8. The highest BCUT2D eigenvalue weighted by Crippen LogP contribution is 2.33. The third-order valence-corrected chi connectivity index (χ3v) is 5.15. The molecule has 1 unspecified atom stereocenters. The molecule has 2 aromatic rings. The molecule has 0 saturated heterocycles. The zero-order chi connectivity index (χ0) is 20.1. The molecule has 150 valence electrons. The Labute approximate surface area is 165 Å². The van der Waals surface area contributed by atoms with E-state index < -0.39 is 0 Å². The van der Waals surface area contributed by atoms with Gasteiger partial charge in [0.1, 0.15) is 5.82 Å². The van der Waals surface area contributed by atoms with Crippen LogP contribution in [-0.4, -0.2) is 34.4 Å². The Balaban J connectivity index is 1.68. The largest absolute Gasteiger partial charge is 0.356 e. The molecule has 1 aliphatic rings. The number of carbonyl (C=O) groups is 2. The van der Waals surface area contributed by atoms with Crippen LogP contribution in [0.2, 0.25) is 0 Å². The van der Waals surface area contributed by atoms with E-state index in [0.29, 0.717) is 25.6 Å². The topological polar surface area (TPSA) is 54.3 Å². The fraction of sp³-hybridized carbons (Fsp3) is 0.455. The molecule has 6 heteroatoms. The standard InChI is InChI=1S/C22H28FN3O2/c1-16(2)11-12-24-20(27)9-10-21(28)26-15-14-25-13-3-4-19(25)22(26)17-5-7-18(23)8-6-17/h3-8,13,16,22H,9-12,14-15H2,1-2H3,(H,24,27). The summed E-state index contributed by atoms with van der Waals surface area (Å²) in [6.45, 7) is 6.14. The van der Waals surface area contributed by atoms with Gasteiger partial charge < -0.3 is 14.8 Å². The van der Waals surface area contributed by atoms with Crippen LogP contribution in [0.3, 0.4) is 0 Å². The van der Waals surface area contributed by atoms with Gasteiger partial charge in [-0.15, -0.1) is 0 Å². The lowest BCUT2D eigenvalue weighted by Crippen LogP contribution is -2.42. The Hall–Kier alpha value is -2.63. The number of aromatic nitrogens is 1. The molecule has 1 aromatic heterocycles. The molecule has 2 amide bonds. The molecule has 5 nitrogen and oxygen atoms in total. The number of benzene rings is 1. The number of hydrogen-bond donors (Lipinski definition) is 1. The van der Waals surface area contributed by atoms with Gasteiger partial charge in [0.15, 0.2) is 0 Å². The molecule has 28 heavy (non-hydrogen) atoms. The second-order valence-corrected chi connectivity index (χ2v) is 7.70. The normalized spacial score (nSPS) is 16.1. The molecular weight excluding hydrogens is 357 g/mol. The van der Waals surface area contributed by atoms with Gasteiger partial charge in [-0.3, -0.25) is 9.59 Å². The summed E-state index contributed by atoms with van der Waals surface area (Å²) in [6.07, 6.45) is 3.28. The van der Waals surface area contributed by atoms with Crippen molar-refractivity contribution < 1.29 is 14.0 Å². The summed E-state index contributed by atoms with van der Waals surface area (Å²) >= 11 is 0. The Bertz CT molecular complexity index is 813. The van der Waals surface area contributed by atoms with Crippen LogP contribution in [-0.2, 0) is 16.1 Å². The molecule has 1 N–H and O–H groups in total. The van der Waals surface area contributed by atoms with E-state index in [1.165, 1.54) is 12.1 Å². The number of hydrogen-bond acceptors (Lipinski definition) is 2. The van der Waals surface area contributed by atoms with Crippen LogP contribution in [0.5, 0.6) is 0 Å². The van der Waals surface area contributed by atoms with Crippen LogP contribution < -0.4 is 5.32 Å².